The van der Waals surface area contributed by atoms with Gasteiger partial charge in [0.05, 0.1) is 11.0 Å². The second kappa shape index (κ2) is 9.18. The number of hydrogen-bond acceptors (Lipinski definition) is 2. The van der Waals surface area contributed by atoms with Crippen LogP contribution < -0.4 is 5.32 Å². The van der Waals surface area contributed by atoms with Gasteiger partial charge in [-0.1, -0.05) is 79.8 Å². The van der Waals surface area contributed by atoms with Crippen LogP contribution in [0, 0.1) is 0 Å². The van der Waals surface area contributed by atoms with Gasteiger partial charge in [0, 0.05) is 20.0 Å². The van der Waals surface area contributed by atoms with E-state index in [1.54, 1.807) is 6.92 Å². The van der Waals surface area contributed by atoms with Crippen LogP contribution in [0.5, 0.6) is 0 Å². The first-order valence-electron chi connectivity index (χ1n) is 8.24. The van der Waals surface area contributed by atoms with Crippen LogP contribution in [0.4, 0.5) is 0 Å². The Balaban J connectivity index is 2.05. The third kappa shape index (κ3) is 5.17. The van der Waals surface area contributed by atoms with E-state index in [1.165, 1.54) is 5.56 Å². The highest BCUT2D eigenvalue weighted by Gasteiger charge is 2.23. The third-order valence-corrected chi connectivity index (χ3v) is 4.39. The quantitative estimate of drug-likeness (QED) is 0.775. The van der Waals surface area contributed by atoms with E-state index in [1.807, 2.05) is 53.4 Å². The molecule has 0 aromatic heterocycles. The summed E-state index contributed by atoms with van der Waals surface area (Å²) in [5.41, 5.74) is 2.28. The Morgan fingerprint density at radius 1 is 1.04 bits per heavy atom. The molecule has 0 fully saturated rings. The van der Waals surface area contributed by atoms with Crippen LogP contribution in [-0.4, -0.2) is 21.8 Å². The van der Waals surface area contributed by atoms with Crippen molar-refractivity contribution in [2.24, 2.45) is 0 Å². The Labute approximate surface area is 149 Å². The van der Waals surface area contributed by atoms with E-state index >= 15 is 0 Å². The summed E-state index contributed by atoms with van der Waals surface area (Å²) in [5, 5.41) is 3.31. The van der Waals surface area contributed by atoms with Crippen LogP contribution in [0.1, 0.15) is 31.4 Å². The van der Waals surface area contributed by atoms with Gasteiger partial charge in [-0.25, -0.2) is 0 Å². The standard InChI is InChI=1S/C20H24N2OS/c1-3-19(20(24)21-14-17-10-6-4-7-11-17)22(16(2)23)15-18-12-8-5-9-13-18/h4-13,19H,3,14-15H2,1-2H3,(H,21,24)/t19-/m0/s1. The number of carbonyl (C=O) groups is 1. The summed E-state index contributed by atoms with van der Waals surface area (Å²) in [6.45, 7) is 4.91. The normalized spacial score (nSPS) is 11.6. The molecule has 0 aliphatic rings. The van der Waals surface area contributed by atoms with E-state index in [4.69, 9.17) is 12.2 Å². The minimum absolute atomic E-state index is 0.0366. The molecule has 0 unspecified atom stereocenters. The summed E-state index contributed by atoms with van der Waals surface area (Å²) in [5.74, 6) is 0.0366. The van der Waals surface area contributed by atoms with Gasteiger partial charge < -0.3 is 10.2 Å². The molecule has 0 heterocycles. The smallest absolute Gasteiger partial charge is 0.220 e. The highest BCUT2D eigenvalue weighted by molar-refractivity contribution is 7.80. The fourth-order valence-corrected chi connectivity index (χ4v) is 3.04. The molecule has 3 nitrogen and oxygen atoms in total. The van der Waals surface area contributed by atoms with Crippen LogP contribution in [0.25, 0.3) is 0 Å². The van der Waals surface area contributed by atoms with Gasteiger partial charge in [0.2, 0.25) is 5.91 Å². The van der Waals surface area contributed by atoms with Gasteiger partial charge in [-0.15, -0.1) is 0 Å². The van der Waals surface area contributed by atoms with Crippen molar-refractivity contribution in [1.82, 2.24) is 10.2 Å². The van der Waals surface area contributed by atoms with E-state index in [9.17, 15) is 4.79 Å². The molecule has 0 aliphatic heterocycles. The molecule has 126 valence electrons. The van der Waals surface area contributed by atoms with Crippen LogP contribution >= 0.6 is 12.2 Å². The summed E-state index contributed by atoms with van der Waals surface area (Å²) < 4.78 is 0. The zero-order valence-electron chi connectivity index (χ0n) is 14.2. The first kappa shape index (κ1) is 18.1. The Morgan fingerprint density at radius 3 is 2.08 bits per heavy atom. The molecule has 1 atom stereocenters. The Hall–Kier alpha value is -2.20. The lowest BCUT2D eigenvalue weighted by Crippen LogP contribution is -2.47. The highest BCUT2D eigenvalue weighted by Crippen LogP contribution is 2.13. The lowest BCUT2D eigenvalue weighted by atomic mass is 10.1. The van der Waals surface area contributed by atoms with Gasteiger partial charge in [0.15, 0.2) is 0 Å². The SMILES string of the molecule is CC[C@@H](C(=S)NCc1ccccc1)N(Cc1ccccc1)C(C)=O. The molecule has 0 saturated carbocycles. The fourth-order valence-electron chi connectivity index (χ4n) is 2.67. The molecule has 0 aliphatic carbocycles. The largest absolute Gasteiger partial charge is 0.374 e. The molecule has 0 radical (unpaired) electrons. The number of rotatable bonds is 7. The maximum Gasteiger partial charge on any atom is 0.220 e. The first-order chi connectivity index (χ1) is 11.6. The van der Waals surface area contributed by atoms with Crippen LogP contribution in [-0.2, 0) is 17.9 Å². The lowest BCUT2D eigenvalue weighted by Gasteiger charge is -2.31. The number of hydrogen-bond donors (Lipinski definition) is 1. The first-order valence-corrected chi connectivity index (χ1v) is 8.65. The van der Waals surface area contributed by atoms with Gasteiger partial charge in [-0.05, 0) is 17.5 Å². The third-order valence-electron chi connectivity index (χ3n) is 3.98. The molecule has 0 spiro atoms. The Bertz CT molecular complexity index is 658. The Morgan fingerprint density at radius 2 is 1.58 bits per heavy atom. The van der Waals surface area contributed by atoms with E-state index < -0.39 is 0 Å². The average molecular weight is 340 g/mol. The number of nitrogens with one attached hydrogen (secondary N) is 1. The number of benzene rings is 2. The number of thiocarbonyl (C=S) groups is 1. The highest BCUT2D eigenvalue weighted by atomic mass is 32.1. The van der Waals surface area contributed by atoms with E-state index in [0.29, 0.717) is 18.1 Å². The van der Waals surface area contributed by atoms with Crippen molar-refractivity contribution in [3.63, 3.8) is 0 Å². The second-order valence-corrected chi connectivity index (χ2v) is 6.20. The van der Waals surface area contributed by atoms with Gasteiger partial charge in [0.25, 0.3) is 0 Å². The summed E-state index contributed by atoms with van der Waals surface area (Å²) in [6, 6.07) is 20.0. The second-order valence-electron chi connectivity index (χ2n) is 5.76. The predicted octanol–water partition coefficient (Wildman–Crippen LogP) is 3.93. The minimum Gasteiger partial charge on any atom is -0.374 e. The Kier molecular flexibility index (Phi) is 6.94. The van der Waals surface area contributed by atoms with Crippen molar-refractivity contribution >= 4 is 23.1 Å². The van der Waals surface area contributed by atoms with Crippen molar-refractivity contribution in [3.8, 4) is 0 Å². The van der Waals surface area contributed by atoms with E-state index in [-0.39, 0.29) is 11.9 Å². The van der Waals surface area contributed by atoms with Gasteiger partial charge in [-0.2, -0.15) is 0 Å². The topological polar surface area (TPSA) is 32.3 Å². The lowest BCUT2D eigenvalue weighted by molar-refractivity contribution is -0.130. The summed E-state index contributed by atoms with van der Waals surface area (Å²) in [7, 11) is 0. The fraction of sp³-hybridized carbons (Fsp3) is 0.300. The number of amides is 1. The van der Waals surface area contributed by atoms with Crippen molar-refractivity contribution < 1.29 is 4.79 Å². The van der Waals surface area contributed by atoms with Crippen molar-refractivity contribution in [3.05, 3.63) is 71.8 Å². The maximum atomic E-state index is 12.2. The van der Waals surface area contributed by atoms with E-state index in [0.717, 1.165) is 12.0 Å². The number of carbonyl (C=O) groups excluding carboxylic acids is 1. The van der Waals surface area contributed by atoms with Gasteiger partial charge in [0.1, 0.15) is 0 Å². The maximum absolute atomic E-state index is 12.2. The molecule has 2 rings (SSSR count). The molecule has 4 heteroatoms. The summed E-state index contributed by atoms with van der Waals surface area (Å²) in [4.78, 5) is 14.7. The zero-order valence-corrected chi connectivity index (χ0v) is 15.1. The molecule has 1 amide bonds. The van der Waals surface area contributed by atoms with Gasteiger partial charge in [-0.3, -0.25) is 4.79 Å². The molecule has 0 bridgehead atoms. The molecule has 1 N–H and O–H groups in total. The van der Waals surface area contributed by atoms with Crippen LogP contribution in [0.2, 0.25) is 0 Å². The molecule has 2 aromatic rings. The molecular weight excluding hydrogens is 316 g/mol. The van der Waals surface area contributed by atoms with E-state index in [2.05, 4.69) is 24.4 Å². The van der Waals surface area contributed by atoms with Crippen molar-refractivity contribution in [2.45, 2.75) is 39.4 Å². The predicted molar refractivity (Wildman–Crippen MR) is 103 cm³/mol. The summed E-state index contributed by atoms with van der Waals surface area (Å²) >= 11 is 5.58. The molecule has 0 saturated heterocycles. The number of nitrogens with zero attached hydrogens (tertiary/aromatic N) is 1. The minimum atomic E-state index is -0.0959. The average Bonchev–Trinajstić information content (AvgIpc) is 2.61. The van der Waals surface area contributed by atoms with Gasteiger partial charge >= 0.3 is 0 Å². The molecule has 2 aromatic carbocycles. The van der Waals surface area contributed by atoms with Crippen molar-refractivity contribution in [2.75, 3.05) is 0 Å². The zero-order chi connectivity index (χ0) is 17.4. The van der Waals surface area contributed by atoms with Crippen LogP contribution in [0.15, 0.2) is 60.7 Å². The monoisotopic (exact) mass is 340 g/mol. The summed E-state index contributed by atoms with van der Waals surface area (Å²) in [6.07, 6.45) is 0.785. The van der Waals surface area contributed by atoms with Crippen LogP contribution in [0.3, 0.4) is 0 Å². The molecule has 24 heavy (non-hydrogen) atoms. The molecular formula is C20H24N2OS. The van der Waals surface area contributed by atoms with Crippen molar-refractivity contribution in [1.29, 1.82) is 0 Å².